The van der Waals surface area contributed by atoms with E-state index in [1.165, 1.54) is 46.0 Å². The first-order chi connectivity index (χ1) is 21.4. The molecule has 0 aromatic heterocycles. The molecular weight excluding hydrogens is 632 g/mol. The topological polar surface area (TPSA) is 288 Å². The van der Waals surface area contributed by atoms with Crippen molar-refractivity contribution in [3.05, 3.63) is 0 Å². The number of carboxylic acid groups (broad SMARTS) is 4. The molecule has 1 rings (SSSR count). The molecule has 18 heteroatoms. The Morgan fingerprint density at radius 1 is 0.870 bits per heavy atom. The predicted molar refractivity (Wildman–Crippen MR) is 162 cm³/mol. The number of imide groups is 1. The average molecular weight is 677 g/mol. The van der Waals surface area contributed by atoms with Crippen LogP contribution in [0.15, 0.2) is 0 Å². The van der Waals surface area contributed by atoms with Gasteiger partial charge >= 0.3 is 23.9 Å². The molecule has 0 saturated heterocycles. The standard InChI is InChI=1S/C20H30N4O12.C8H14OS/c1-8(2)16(19(34)24(9(3)25)12(20(35)36)7-15(30)31)23-18(33)11(4-5-13(26)27)22-17(32)10(21)6-14(28)29;9-6-7-10-8-4-2-1-3-5-8/h8,10-12,16H,4-7,21H2,1-3H3,(H,22,32)(H,23,33)(H,26,27)(H,28,29)(H,30,31)(H,35,36);6,8H,1-5,7H2. The number of thioether (sulfide) groups is 1. The van der Waals surface area contributed by atoms with Gasteiger partial charge in [0.05, 0.1) is 18.9 Å². The number of nitrogens with zero attached hydrogens (tertiary/aromatic N) is 1. The van der Waals surface area contributed by atoms with E-state index in [1.54, 1.807) is 0 Å². The second-order valence-electron chi connectivity index (χ2n) is 10.9. The van der Waals surface area contributed by atoms with Crippen LogP contribution in [-0.2, 0) is 43.2 Å². The minimum absolute atomic E-state index is 0.189. The molecular formula is C28H44N4O13S. The third-order valence-electron chi connectivity index (χ3n) is 6.74. The number of aliphatic carboxylic acids is 4. The molecule has 8 N–H and O–H groups in total. The van der Waals surface area contributed by atoms with Crippen molar-refractivity contribution in [1.82, 2.24) is 15.5 Å². The molecule has 0 aromatic rings. The highest BCUT2D eigenvalue weighted by Gasteiger charge is 2.40. The van der Waals surface area contributed by atoms with Crippen LogP contribution in [0.2, 0.25) is 0 Å². The van der Waals surface area contributed by atoms with E-state index in [1.807, 2.05) is 11.8 Å². The van der Waals surface area contributed by atoms with Gasteiger partial charge in [-0.3, -0.25) is 38.5 Å². The second-order valence-corrected chi connectivity index (χ2v) is 12.2. The fraction of sp³-hybridized carbons (Fsp3) is 0.679. The van der Waals surface area contributed by atoms with E-state index in [9.17, 15) is 48.3 Å². The zero-order chi connectivity index (χ0) is 35.6. The van der Waals surface area contributed by atoms with Crippen LogP contribution in [0, 0.1) is 5.92 Å². The number of rotatable bonds is 18. The summed E-state index contributed by atoms with van der Waals surface area (Å²) in [6, 6.07) is -6.84. The monoisotopic (exact) mass is 676 g/mol. The van der Waals surface area contributed by atoms with Gasteiger partial charge < -0.3 is 41.6 Å². The summed E-state index contributed by atoms with van der Waals surface area (Å²) in [5.74, 6) is -10.8. The normalized spacial score (nSPS) is 15.5. The van der Waals surface area contributed by atoms with Gasteiger partial charge in [-0.1, -0.05) is 33.1 Å². The van der Waals surface area contributed by atoms with Crippen molar-refractivity contribution in [2.24, 2.45) is 11.7 Å². The number of carbonyl (C=O) groups excluding carboxylic acids is 5. The summed E-state index contributed by atoms with van der Waals surface area (Å²) in [4.78, 5) is 105. The first-order valence-corrected chi connectivity index (χ1v) is 15.6. The maximum atomic E-state index is 13.1. The first-order valence-electron chi connectivity index (χ1n) is 14.6. The summed E-state index contributed by atoms with van der Waals surface area (Å²) < 4.78 is 0. The van der Waals surface area contributed by atoms with Gasteiger partial charge in [0.1, 0.15) is 24.4 Å². The van der Waals surface area contributed by atoms with Crippen LogP contribution in [0.1, 0.15) is 78.6 Å². The number of carboxylic acids is 4. The van der Waals surface area contributed by atoms with Crippen molar-refractivity contribution in [3.8, 4) is 0 Å². The van der Waals surface area contributed by atoms with E-state index in [2.05, 4.69) is 10.6 Å². The molecule has 17 nitrogen and oxygen atoms in total. The molecule has 1 saturated carbocycles. The fourth-order valence-electron chi connectivity index (χ4n) is 4.40. The zero-order valence-corrected chi connectivity index (χ0v) is 26.8. The summed E-state index contributed by atoms with van der Waals surface area (Å²) in [5.41, 5.74) is 5.45. The zero-order valence-electron chi connectivity index (χ0n) is 26.0. The molecule has 260 valence electrons. The van der Waals surface area contributed by atoms with Crippen molar-refractivity contribution < 1.29 is 63.6 Å². The summed E-state index contributed by atoms with van der Waals surface area (Å²) in [5, 5.41) is 41.2. The van der Waals surface area contributed by atoms with Crippen molar-refractivity contribution >= 4 is 65.6 Å². The van der Waals surface area contributed by atoms with Gasteiger partial charge in [0.25, 0.3) is 5.91 Å². The summed E-state index contributed by atoms with van der Waals surface area (Å²) in [7, 11) is 0. The number of hydrogen-bond donors (Lipinski definition) is 7. The Morgan fingerprint density at radius 3 is 1.87 bits per heavy atom. The van der Waals surface area contributed by atoms with Crippen LogP contribution in [0.3, 0.4) is 0 Å². The third-order valence-corrected chi connectivity index (χ3v) is 8.01. The molecule has 1 aliphatic carbocycles. The maximum absolute atomic E-state index is 13.1. The largest absolute Gasteiger partial charge is 0.481 e. The third kappa shape index (κ3) is 16.3. The van der Waals surface area contributed by atoms with Gasteiger partial charge in [-0.25, -0.2) is 4.79 Å². The minimum atomic E-state index is -2.08. The number of nitrogens with two attached hydrogens (primary N) is 1. The van der Waals surface area contributed by atoms with Crippen molar-refractivity contribution in [1.29, 1.82) is 0 Å². The van der Waals surface area contributed by atoms with Gasteiger partial charge in [0, 0.05) is 24.3 Å². The van der Waals surface area contributed by atoms with E-state index in [0.29, 0.717) is 5.75 Å². The number of amides is 4. The van der Waals surface area contributed by atoms with Gasteiger partial charge in [0.2, 0.25) is 17.7 Å². The highest BCUT2D eigenvalue weighted by Crippen LogP contribution is 2.27. The molecule has 0 radical (unpaired) electrons. The number of carbonyl (C=O) groups is 9. The van der Waals surface area contributed by atoms with Gasteiger partial charge in [-0.05, 0) is 25.2 Å². The molecule has 4 amide bonds. The fourth-order valence-corrected chi connectivity index (χ4v) is 5.42. The molecule has 0 bridgehead atoms. The number of aldehydes is 1. The van der Waals surface area contributed by atoms with Crippen LogP contribution in [-0.4, -0.2) is 114 Å². The Kier molecular flexibility index (Phi) is 19.7. The molecule has 4 atom stereocenters. The van der Waals surface area contributed by atoms with E-state index in [4.69, 9.17) is 21.1 Å². The number of hydrogen-bond acceptors (Lipinski definition) is 11. The Balaban J connectivity index is 0.00000170. The summed E-state index contributed by atoms with van der Waals surface area (Å²) in [6.07, 6.45) is 4.81. The van der Waals surface area contributed by atoms with Gasteiger partial charge in [-0.15, -0.1) is 0 Å². The lowest BCUT2D eigenvalue weighted by atomic mass is 9.99. The quantitative estimate of drug-likeness (QED) is 0.0928. The van der Waals surface area contributed by atoms with E-state index in [0.717, 1.165) is 18.5 Å². The lowest BCUT2D eigenvalue weighted by Crippen LogP contribution is -2.60. The molecule has 46 heavy (non-hydrogen) atoms. The van der Waals surface area contributed by atoms with E-state index < -0.39 is 103 Å². The number of nitrogens with one attached hydrogen (secondary N) is 2. The van der Waals surface area contributed by atoms with Crippen LogP contribution in [0.25, 0.3) is 0 Å². The first kappa shape index (κ1) is 41.9. The predicted octanol–water partition coefficient (Wildman–Crippen LogP) is -0.167. The molecule has 1 aliphatic rings. The molecule has 0 spiro atoms. The molecule has 1 fully saturated rings. The van der Waals surface area contributed by atoms with Crippen molar-refractivity contribution in [3.63, 3.8) is 0 Å². The van der Waals surface area contributed by atoms with Crippen LogP contribution < -0.4 is 16.4 Å². The van der Waals surface area contributed by atoms with Crippen molar-refractivity contribution in [2.45, 2.75) is 108 Å². The summed E-state index contributed by atoms with van der Waals surface area (Å²) in [6.45, 7) is 3.66. The molecule has 4 unspecified atom stereocenters. The second kappa shape index (κ2) is 21.6. The Bertz CT molecular complexity index is 1110. The smallest absolute Gasteiger partial charge is 0.327 e. The summed E-state index contributed by atoms with van der Waals surface area (Å²) >= 11 is 1.83. The van der Waals surface area contributed by atoms with E-state index >= 15 is 0 Å². The van der Waals surface area contributed by atoms with E-state index in [-0.39, 0.29) is 4.90 Å². The highest BCUT2D eigenvalue weighted by atomic mass is 32.2. The van der Waals surface area contributed by atoms with Crippen molar-refractivity contribution in [2.75, 3.05) is 5.75 Å². The lowest BCUT2D eigenvalue weighted by molar-refractivity contribution is -0.161. The Labute approximate surface area is 270 Å². The lowest BCUT2D eigenvalue weighted by Gasteiger charge is -2.32. The Hall–Kier alpha value is -4.06. The van der Waals surface area contributed by atoms with Gasteiger partial charge in [-0.2, -0.15) is 11.8 Å². The van der Waals surface area contributed by atoms with Crippen LogP contribution in [0.5, 0.6) is 0 Å². The van der Waals surface area contributed by atoms with Gasteiger partial charge in [0.15, 0.2) is 0 Å². The Morgan fingerprint density at radius 2 is 1.43 bits per heavy atom. The van der Waals surface area contributed by atoms with Crippen LogP contribution >= 0.6 is 11.8 Å². The SMILES string of the molecule is CC(=O)N(C(=O)C(NC(=O)C(CCC(=O)O)NC(=O)C(N)CC(=O)O)C(C)C)C(CC(=O)O)C(=O)O.O=CCSC1CCCCC1. The maximum Gasteiger partial charge on any atom is 0.327 e. The molecule has 0 heterocycles. The van der Waals surface area contributed by atoms with Crippen LogP contribution in [0.4, 0.5) is 0 Å². The molecule has 0 aromatic carbocycles. The molecule has 0 aliphatic heterocycles. The average Bonchev–Trinajstić information content (AvgIpc) is 2.95. The minimum Gasteiger partial charge on any atom is -0.481 e. The highest BCUT2D eigenvalue weighted by molar-refractivity contribution is 8.00.